The fourth-order valence-corrected chi connectivity index (χ4v) is 1.00. The molecule has 0 unspecified atom stereocenters. The molecule has 13 heavy (non-hydrogen) atoms. The minimum absolute atomic E-state index is 0.861. The maximum Gasteiger partial charge on any atom is 0.333 e. The molecule has 0 radical (unpaired) electrons. The number of ketones is 1. The third-order valence-corrected chi connectivity index (χ3v) is 1.77. The Morgan fingerprint density at radius 1 is 1.15 bits per heavy atom. The lowest BCUT2D eigenvalue weighted by molar-refractivity contribution is -0.163. The summed E-state index contributed by atoms with van der Waals surface area (Å²) in [4.78, 5) is 32.4. The highest BCUT2D eigenvalue weighted by molar-refractivity contribution is 6.25. The monoisotopic (exact) mass is 182 g/mol. The van der Waals surface area contributed by atoms with Crippen LogP contribution in [0.4, 0.5) is 0 Å². The van der Waals surface area contributed by atoms with Gasteiger partial charge in [0, 0.05) is 0 Å². The zero-order chi connectivity index (χ0) is 10.1. The van der Waals surface area contributed by atoms with Crippen molar-refractivity contribution in [1.82, 2.24) is 0 Å². The molecule has 0 aromatic carbocycles. The van der Waals surface area contributed by atoms with Crippen LogP contribution in [-0.2, 0) is 14.4 Å². The fraction of sp³-hybridized carbons (Fsp3) is 0.125. The molecule has 0 spiro atoms. The topological polar surface area (TPSA) is 91.7 Å². The van der Waals surface area contributed by atoms with E-state index in [1.54, 1.807) is 0 Å². The van der Waals surface area contributed by atoms with E-state index in [0.29, 0.717) is 0 Å². The van der Waals surface area contributed by atoms with Gasteiger partial charge in [-0.2, -0.15) is 0 Å². The average molecular weight is 182 g/mol. The quantitative estimate of drug-likeness (QED) is 0.579. The molecule has 0 aromatic heterocycles. The maximum atomic E-state index is 11.1. The number of hydrogen-bond donors (Lipinski definition) is 2. The van der Waals surface area contributed by atoms with Gasteiger partial charge in [0.1, 0.15) is 0 Å². The van der Waals surface area contributed by atoms with Crippen LogP contribution in [-0.4, -0.2) is 27.9 Å². The number of carbonyl (C=O) groups is 3. The van der Waals surface area contributed by atoms with Crippen molar-refractivity contribution in [2.75, 3.05) is 0 Å². The van der Waals surface area contributed by atoms with Crippen LogP contribution in [0.15, 0.2) is 24.3 Å². The first-order chi connectivity index (χ1) is 6.01. The Morgan fingerprint density at radius 3 is 2.00 bits per heavy atom. The molecule has 5 heteroatoms. The van der Waals surface area contributed by atoms with Crippen molar-refractivity contribution < 1.29 is 24.6 Å². The van der Waals surface area contributed by atoms with Gasteiger partial charge in [0.2, 0.25) is 5.41 Å². The summed E-state index contributed by atoms with van der Waals surface area (Å²) in [5.74, 6) is -4.30. The van der Waals surface area contributed by atoms with Crippen molar-refractivity contribution in [2.45, 2.75) is 0 Å². The predicted octanol–water partition coefficient (Wildman–Crippen LogP) is -0.163. The van der Waals surface area contributed by atoms with Crippen molar-refractivity contribution in [3.8, 4) is 0 Å². The smallest absolute Gasteiger partial charge is 0.333 e. The summed E-state index contributed by atoms with van der Waals surface area (Å²) in [6, 6.07) is 0. The molecule has 1 aliphatic carbocycles. The average Bonchev–Trinajstić information content (AvgIpc) is 2.04. The Balaban J connectivity index is 3.27. The van der Waals surface area contributed by atoms with Crippen LogP contribution in [0.5, 0.6) is 0 Å². The lowest BCUT2D eigenvalue weighted by atomic mass is 9.80. The summed E-state index contributed by atoms with van der Waals surface area (Å²) in [6.45, 7) is 0. The first-order valence-electron chi connectivity index (χ1n) is 3.39. The van der Waals surface area contributed by atoms with Crippen molar-refractivity contribution in [3.63, 3.8) is 0 Å². The summed E-state index contributed by atoms with van der Waals surface area (Å²) in [6.07, 6.45) is 4.32. The molecule has 1 rings (SSSR count). The van der Waals surface area contributed by atoms with Gasteiger partial charge in [-0.05, 0) is 12.2 Å². The fourth-order valence-electron chi connectivity index (χ4n) is 1.00. The second-order valence-corrected chi connectivity index (χ2v) is 2.50. The largest absolute Gasteiger partial charge is 0.480 e. The normalized spacial score (nSPS) is 18.6. The van der Waals surface area contributed by atoms with Crippen LogP contribution in [0.2, 0.25) is 0 Å². The Kier molecular flexibility index (Phi) is 2.02. The van der Waals surface area contributed by atoms with Gasteiger partial charge in [-0.25, -0.2) is 0 Å². The number of carboxylic acids is 2. The summed E-state index contributed by atoms with van der Waals surface area (Å²) >= 11 is 0. The number of hydrogen-bond acceptors (Lipinski definition) is 3. The number of allylic oxidation sites excluding steroid dienone is 3. The van der Waals surface area contributed by atoms with Gasteiger partial charge >= 0.3 is 11.9 Å². The molecule has 2 N–H and O–H groups in total. The Morgan fingerprint density at radius 2 is 1.69 bits per heavy atom. The van der Waals surface area contributed by atoms with E-state index in [1.165, 1.54) is 12.2 Å². The zero-order valence-electron chi connectivity index (χ0n) is 6.43. The van der Waals surface area contributed by atoms with E-state index in [1.807, 2.05) is 0 Å². The molecule has 0 saturated heterocycles. The molecule has 0 heterocycles. The highest BCUT2D eigenvalue weighted by atomic mass is 16.4. The molecule has 5 nitrogen and oxygen atoms in total. The molecular weight excluding hydrogens is 176 g/mol. The SMILES string of the molecule is O=C(O)C1(C(=O)O)C=CC=CC1=O. The lowest BCUT2D eigenvalue weighted by Gasteiger charge is -2.19. The summed E-state index contributed by atoms with van der Waals surface area (Å²) in [5, 5.41) is 17.3. The molecule has 0 aliphatic heterocycles. The summed E-state index contributed by atoms with van der Waals surface area (Å²) < 4.78 is 0. The molecule has 68 valence electrons. The van der Waals surface area contributed by atoms with Crippen molar-refractivity contribution >= 4 is 17.7 Å². The van der Waals surface area contributed by atoms with Crippen molar-refractivity contribution in [1.29, 1.82) is 0 Å². The Hall–Kier alpha value is -1.91. The molecule has 0 fully saturated rings. The number of aliphatic carboxylic acids is 2. The zero-order valence-corrected chi connectivity index (χ0v) is 6.43. The van der Waals surface area contributed by atoms with Crippen LogP contribution < -0.4 is 0 Å². The number of carboxylic acid groups (broad SMARTS) is 2. The molecule has 0 aromatic rings. The maximum absolute atomic E-state index is 11.1. The summed E-state index contributed by atoms with van der Waals surface area (Å²) in [5.41, 5.74) is -2.44. The third kappa shape index (κ3) is 1.14. The van der Waals surface area contributed by atoms with E-state index in [2.05, 4.69) is 0 Å². The number of rotatable bonds is 2. The molecule has 0 saturated carbocycles. The van der Waals surface area contributed by atoms with Crippen LogP contribution >= 0.6 is 0 Å². The van der Waals surface area contributed by atoms with Gasteiger partial charge in [-0.1, -0.05) is 12.2 Å². The van der Waals surface area contributed by atoms with Gasteiger partial charge < -0.3 is 10.2 Å². The van der Waals surface area contributed by atoms with Gasteiger partial charge in [0.05, 0.1) is 0 Å². The molecule has 0 amide bonds. The van der Waals surface area contributed by atoms with E-state index in [0.717, 1.165) is 12.2 Å². The van der Waals surface area contributed by atoms with Crippen LogP contribution in [0.3, 0.4) is 0 Å². The van der Waals surface area contributed by atoms with E-state index in [9.17, 15) is 14.4 Å². The Labute approximate surface area is 73.0 Å². The van der Waals surface area contributed by atoms with E-state index < -0.39 is 23.1 Å². The third-order valence-electron chi connectivity index (χ3n) is 1.77. The lowest BCUT2D eigenvalue weighted by Crippen LogP contribution is -2.44. The first kappa shape index (κ1) is 9.18. The first-order valence-corrected chi connectivity index (χ1v) is 3.39. The van der Waals surface area contributed by atoms with Crippen molar-refractivity contribution in [2.24, 2.45) is 5.41 Å². The van der Waals surface area contributed by atoms with E-state index in [4.69, 9.17) is 10.2 Å². The van der Waals surface area contributed by atoms with E-state index >= 15 is 0 Å². The predicted molar refractivity (Wildman–Crippen MR) is 41.0 cm³/mol. The standard InChI is InChI=1S/C8H6O5/c9-5-3-1-2-4-8(5,6(10)11)7(12)13/h1-4H,(H,10,11)(H,12,13). The van der Waals surface area contributed by atoms with Crippen LogP contribution in [0, 0.1) is 5.41 Å². The highest BCUT2D eigenvalue weighted by Gasteiger charge is 2.50. The molecule has 1 aliphatic rings. The van der Waals surface area contributed by atoms with E-state index in [-0.39, 0.29) is 0 Å². The van der Waals surface area contributed by atoms with Gasteiger partial charge in [0.25, 0.3) is 0 Å². The minimum atomic E-state index is -2.44. The second kappa shape index (κ2) is 2.85. The van der Waals surface area contributed by atoms with Crippen LogP contribution in [0.1, 0.15) is 0 Å². The molecular formula is C8H6O5. The minimum Gasteiger partial charge on any atom is -0.480 e. The van der Waals surface area contributed by atoms with Crippen molar-refractivity contribution in [3.05, 3.63) is 24.3 Å². The van der Waals surface area contributed by atoms with Gasteiger partial charge in [-0.15, -0.1) is 0 Å². The Bertz CT molecular complexity index is 322. The van der Waals surface area contributed by atoms with Gasteiger partial charge in [-0.3, -0.25) is 14.4 Å². The highest BCUT2D eigenvalue weighted by Crippen LogP contribution is 2.25. The summed E-state index contributed by atoms with van der Waals surface area (Å²) in [7, 11) is 0. The molecule has 0 bridgehead atoms. The molecule has 0 atom stereocenters. The number of carbonyl (C=O) groups excluding carboxylic acids is 1. The van der Waals surface area contributed by atoms with Gasteiger partial charge in [0.15, 0.2) is 5.78 Å². The second-order valence-electron chi connectivity index (χ2n) is 2.50. The van der Waals surface area contributed by atoms with Crippen LogP contribution in [0.25, 0.3) is 0 Å².